The molecule has 1 atom stereocenters. The Balaban J connectivity index is 3.45. The van der Waals surface area contributed by atoms with Crippen LogP contribution in [0.2, 0.25) is 0 Å². The van der Waals surface area contributed by atoms with Crippen LogP contribution in [-0.2, 0) is 18.6 Å². The number of carbonyl (C=O) groups is 1. The predicted molar refractivity (Wildman–Crippen MR) is 91.3 cm³/mol. The highest BCUT2D eigenvalue weighted by Crippen LogP contribution is 2.35. The lowest BCUT2D eigenvalue weighted by Gasteiger charge is -2.12. The third kappa shape index (κ3) is 17.6. The van der Waals surface area contributed by atoms with E-state index in [2.05, 4.69) is 23.6 Å². The van der Waals surface area contributed by atoms with Gasteiger partial charge in [-0.05, 0) is 25.7 Å². The van der Waals surface area contributed by atoms with Crippen molar-refractivity contribution in [3.8, 4) is 0 Å². The molecule has 8 heteroatoms. The van der Waals surface area contributed by atoms with Gasteiger partial charge in [0.1, 0.15) is 12.7 Å². The maximum Gasteiger partial charge on any atom is 0.469 e. The Morgan fingerprint density at radius 1 is 1.04 bits per heavy atom. The van der Waals surface area contributed by atoms with Gasteiger partial charge in [-0.3, -0.25) is 9.32 Å². The van der Waals surface area contributed by atoms with Crippen LogP contribution in [0.5, 0.6) is 0 Å². The summed E-state index contributed by atoms with van der Waals surface area (Å²) in [4.78, 5) is 28.4. The van der Waals surface area contributed by atoms with Crippen LogP contribution in [0.3, 0.4) is 0 Å². The zero-order valence-electron chi connectivity index (χ0n) is 14.4. The molecule has 0 aromatic heterocycles. The maximum absolute atomic E-state index is 11.4. The molecule has 0 aliphatic heterocycles. The molecule has 3 N–H and O–H groups in total. The van der Waals surface area contributed by atoms with Crippen molar-refractivity contribution in [1.29, 1.82) is 0 Å². The molecule has 0 saturated carbocycles. The number of hydrogen-bond donors (Lipinski definition) is 3. The van der Waals surface area contributed by atoms with Crippen LogP contribution in [0.15, 0.2) is 12.2 Å². The number of aliphatic hydroxyl groups excluding tert-OH is 1. The third-order valence-electron chi connectivity index (χ3n) is 3.25. The van der Waals surface area contributed by atoms with E-state index in [1.54, 1.807) is 0 Å². The summed E-state index contributed by atoms with van der Waals surface area (Å²) in [6.07, 6.45) is 12.0. The largest absolute Gasteiger partial charge is 0.469 e. The van der Waals surface area contributed by atoms with Gasteiger partial charge in [0.2, 0.25) is 0 Å². The molecule has 0 spiro atoms. The molecule has 0 saturated heterocycles. The summed E-state index contributed by atoms with van der Waals surface area (Å²) < 4.78 is 19.4. The summed E-state index contributed by atoms with van der Waals surface area (Å²) in [6, 6.07) is 0. The number of unbranched alkanes of at least 4 members (excludes halogenated alkanes) is 6. The molecular weight excluding hydrogens is 335 g/mol. The summed E-state index contributed by atoms with van der Waals surface area (Å²) in [6.45, 7) is 1.25. The first-order chi connectivity index (χ1) is 11.3. The quantitative estimate of drug-likeness (QED) is 0.177. The Kier molecular flexibility index (Phi) is 14.2. The van der Waals surface area contributed by atoms with E-state index in [0.29, 0.717) is 0 Å². The van der Waals surface area contributed by atoms with Crippen molar-refractivity contribution < 1.29 is 33.5 Å². The third-order valence-corrected chi connectivity index (χ3v) is 3.73. The van der Waals surface area contributed by atoms with E-state index >= 15 is 0 Å². The number of aliphatic hydroxyl groups is 1. The maximum atomic E-state index is 11.4. The number of phosphoric ester groups is 1. The number of esters is 1. The lowest BCUT2D eigenvalue weighted by atomic mass is 10.1. The van der Waals surface area contributed by atoms with Crippen LogP contribution in [0, 0.1) is 0 Å². The fourth-order valence-electron chi connectivity index (χ4n) is 1.96. The van der Waals surface area contributed by atoms with Crippen molar-refractivity contribution in [2.75, 3.05) is 13.2 Å². The Hall–Kier alpha value is -0.720. The Morgan fingerprint density at radius 2 is 1.67 bits per heavy atom. The second kappa shape index (κ2) is 14.6. The van der Waals surface area contributed by atoms with Crippen LogP contribution in [-0.4, -0.2) is 40.2 Å². The van der Waals surface area contributed by atoms with Crippen molar-refractivity contribution in [3.05, 3.63) is 12.2 Å². The summed E-state index contributed by atoms with van der Waals surface area (Å²) in [7, 11) is -4.61. The Labute approximate surface area is 144 Å². The van der Waals surface area contributed by atoms with Gasteiger partial charge in [0.25, 0.3) is 0 Å². The second-order valence-corrected chi connectivity index (χ2v) is 6.93. The van der Waals surface area contributed by atoms with E-state index in [1.165, 1.54) is 6.42 Å². The first-order valence-electron chi connectivity index (χ1n) is 8.54. The van der Waals surface area contributed by atoms with Gasteiger partial charge in [0, 0.05) is 6.42 Å². The summed E-state index contributed by atoms with van der Waals surface area (Å²) >= 11 is 0. The highest BCUT2D eigenvalue weighted by Gasteiger charge is 2.17. The SMILES string of the molecule is CCC/C=C\CCCCCCCC(=O)OCC(O)COP(=O)(O)O. The molecule has 0 heterocycles. The smallest absolute Gasteiger partial charge is 0.463 e. The van der Waals surface area contributed by atoms with E-state index < -0.39 is 26.5 Å². The fraction of sp³-hybridized carbons (Fsp3) is 0.812. The number of ether oxygens (including phenoxy) is 1. The van der Waals surface area contributed by atoms with Crippen LogP contribution >= 0.6 is 7.82 Å². The number of carbonyl (C=O) groups excluding carboxylic acids is 1. The molecule has 0 fully saturated rings. The van der Waals surface area contributed by atoms with Gasteiger partial charge < -0.3 is 19.6 Å². The molecule has 0 radical (unpaired) electrons. The molecule has 0 aromatic rings. The van der Waals surface area contributed by atoms with Crippen molar-refractivity contribution in [3.63, 3.8) is 0 Å². The fourth-order valence-corrected chi connectivity index (χ4v) is 2.32. The molecule has 1 unspecified atom stereocenters. The summed E-state index contributed by atoms with van der Waals surface area (Å²) in [5.41, 5.74) is 0. The molecule has 7 nitrogen and oxygen atoms in total. The van der Waals surface area contributed by atoms with Crippen molar-refractivity contribution in [2.45, 2.75) is 70.8 Å². The van der Waals surface area contributed by atoms with Gasteiger partial charge >= 0.3 is 13.8 Å². The lowest BCUT2D eigenvalue weighted by Crippen LogP contribution is -2.23. The molecule has 0 bridgehead atoms. The zero-order valence-corrected chi connectivity index (χ0v) is 15.3. The van der Waals surface area contributed by atoms with Crippen LogP contribution in [0.1, 0.15) is 64.7 Å². The molecule has 0 rings (SSSR count). The first kappa shape index (κ1) is 23.3. The Morgan fingerprint density at radius 3 is 2.33 bits per heavy atom. The number of phosphoric acid groups is 1. The number of allylic oxidation sites excluding steroid dienone is 2. The number of rotatable bonds is 15. The zero-order chi connectivity index (χ0) is 18.3. The van der Waals surface area contributed by atoms with Crippen LogP contribution < -0.4 is 0 Å². The minimum absolute atomic E-state index is 0.280. The summed E-state index contributed by atoms with van der Waals surface area (Å²) in [5, 5.41) is 9.36. The first-order valence-corrected chi connectivity index (χ1v) is 10.1. The van der Waals surface area contributed by atoms with E-state index in [4.69, 9.17) is 14.5 Å². The predicted octanol–water partition coefficient (Wildman–Crippen LogP) is 3.09. The molecule has 0 amide bonds. The van der Waals surface area contributed by atoms with E-state index in [9.17, 15) is 14.5 Å². The molecular formula is C16H31O7P. The molecule has 0 aromatic carbocycles. The van der Waals surface area contributed by atoms with Gasteiger partial charge in [0.05, 0.1) is 6.61 Å². The van der Waals surface area contributed by atoms with E-state index in [0.717, 1.165) is 44.9 Å². The average molecular weight is 366 g/mol. The lowest BCUT2D eigenvalue weighted by molar-refractivity contribution is -0.147. The van der Waals surface area contributed by atoms with Gasteiger partial charge in [-0.25, -0.2) is 4.57 Å². The van der Waals surface area contributed by atoms with Crippen LogP contribution in [0.25, 0.3) is 0 Å². The molecule has 24 heavy (non-hydrogen) atoms. The van der Waals surface area contributed by atoms with E-state index in [-0.39, 0.29) is 13.0 Å². The van der Waals surface area contributed by atoms with Gasteiger partial charge in [-0.1, -0.05) is 44.8 Å². The monoisotopic (exact) mass is 366 g/mol. The highest BCUT2D eigenvalue weighted by molar-refractivity contribution is 7.46. The Bertz CT molecular complexity index is 392. The van der Waals surface area contributed by atoms with Gasteiger partial charge in [0.15, 0.2) is 0 Å². The summed E-state index contributed by atoms with van der Waals surface area (Å²) in [5.74, 6) is -0.423. The van der Waals surface area contributed by atoms with Crippen molar-refractivity contribution >= 4 is 13.8 Å². The van der Waals surface area contributed by atoms with Gasteiger partial charge in [-0.15, -0.1) is 0 Å². The minimum atomic E-state index is -4.61. The van der Waals surface area contributed by atoms with E-state index in [1.807, 2.05) is 0 Å². The molecule has 0 aliphatic rings. The van der Waals surface area contributed by atoms with Gasteiger partial charge in [-0.2, -0.15) is 0 Å². The average Bonchev–Trinajstić information content (AvgIpc) is 2.52. The second-order valence-electron chi connectivity index (χ2n) is 5.69. The highest BCUT2D eigenvalue weighted by atomic mass is 31.2. The minimum Gasteiger partial charge on any atom is -0.463 e. The number of hydrogen-bond acceptors (Lipinski definition) is 5. The molecule has 142 valence electrons. The van der Waals surface area contributed by atoms with Crippen molar-refractivity contribution in [1.82, 2.24) is 0 Å². The standard InChI is InChI=1S/C16H31O7P/c1-2-3-4-5-6-7-8-9-10-11-12-16(18)22-13-15(17)14-23-24(19,20)21/h4-5,15,17H,2-3,6-14H2,1H3,(H2,19,20,21)/b5-4-. The normalized spacial score (nSPS) is 13.3. The molecule has 0 aliphatic carbocycles. The topological polar surface area (TPSA) is 113 Å². The van der Waals surface area contributed by atoms with Crippen LogP contribution in [0.4, 0.5) is 0 Å². The van der Waals surface area contributed by atoms with Crippen molar-refractivity contribution in [2.24, 2.45) is 0 Å².